The number of morpholine rings is 1. The van der Waals surface area contributed by atoms with Gasteiger partial charge < -0.3 is 15.0 Å². The molecule has 12 heteroatoms. The number of nitrogens with zero attached hydrogens (tertiary/aromatic N) is 1. The molecule has 1 heterocycles. The summed E-state index contributed by atoms with van der Waals surface area (Å²) in [7, 11) is -8.52. The van der Waals surface area contributed by atoms with Gasteiger partial charge in [0, 0.05) is 30.0 Å². The molecule has 10 nitrogen and oxygen atoms in total. The quantitative estimate of drug-likeness (QED) is 0.212. The molecule has 1 saturated heterocycles. The van der Waals surface area contributed by atoms with Gasteiger partial charge in [-0.3, -0.25) is 9.35 Å². The molecule has 0 radical (unpaired) electrons. The lowest BCUT2D eigenvalue weighted by atomic mass is 9.99. The Kier molecular flexibility index (Phi) is 9.70. The second-order valence-electron chi connectivity index (χ2n) is 11.0. The number of carbonyl (C=O) groups is 1. The van der Waals surface area contributed by atoms with Crippen LogP contribution >= 0.6 is 0 Å². The molecule has 1 aliphatic rings. The van der Waals surface area contributed by atoms with E-state index in [2.05, 4.69) is 14.9 Å². The molecule has 45 heavy (non-hydrogen) atoms. The molecule has 236 valence electrons. The van der Waals surface area contributed by atoms with Crippen molar-refractivity contribution < 1.29 is 30.9 Å². The lowest BCUT2D eigenvalue weighted by Crippen LogP contribution is -2.45. The van der Waals surface area contributed by atoms with Crippen LogP contribution in [-0.2, 0) is 36.1 Å². The molecule has 1 unspecified atom stereocenters. The molecule has 0 spiro atoms. The van der Waals surface area contributed by atoms with Crippen LogP contribution in [0.4, 0.5) is 11.4 Å². The minimum absolute atomic E-state index is 0.0159. The number of amides is 1. The molecular weight excluding hydrogens is 615 g/mol. The van der Waals surface area contributed by atoms with E-state index in [9.17, 15) is 26.2 Å². The maximum Gasteiger partial charge on any atom is 0.295 e. The summed E-state index contributed by atoms with van der Waals surface area (Å²) in [6.07, 6.45) is 0.0159. The first-order valence-electron chi connectivity index (χ1n) is 14.4. The Bertz CT molecular complexity index is 1870. The number of aryl methyl sites for hydroxylation is 2. The maximum absolute atomic E-state index is 13.6. The van der Waals surface area contributed by atoms with Crippen LogP contribution in [0.5, 0.6) is 0 Å². The Balaban J connectivity index is 1.39. The van der Waals surface area contributed by atoms with Crippen LogP contribution in [0.3, 0.4) is 0 Å². The van der Waals surface area contributed by atoms with Crippen molar-refractivity contribution in [1.29, 1.82) is 0 Å². The number of anilines is 2. The third-order valence-corrected chi connectivity index (χ3v) is 9.97. The molecule has 0 saturated carbocycles. The molecule has 4 aromatic carbocycles. The average molecular weight is 650 g/mol. The van der Waals surface area contributed by atoms with Gasteiger partial charge in [-0.2, -0.15) is 13.1 Å². The van der Waals surface area contributed by atoms with Gasteiger partial charge in [-0.1, -0.05) is 59.7 Å². The second-order valence-corrected chi connectivity index (χ2v) is 14.1. The smallest absolute Gasteiger partial charge is 0.295 e. The highest BCUT2D eigenvalue weighted by molar-refractivity contribution is 7.89. The van der Waals surface area contributed by atoms with Crippen LogP contribution in [0.1, 0.15) is 16.7 Å². The molecule has 1 atom stereocenters. The van der Waals surface area contributed by atoms with E-state index < -0.39 is 32.1 Å². The summed E-state index contributed by atoms with van der Waals surface area (Å²) in [4.78, 5) is 15.6. The summed E-state index contributed by atoms with van der Waals surface area (Å²) in [6, 6.07) is 23.9. The number of ether oxygens (including phenoxy) is 1. The van der Waals surface area contributed by atoms with Gasteiger partial charge in [0.05, 0.1) is 18.1 Å². The Hall–Kier alpha value is -4.07. The second kappa shape index (κ2) is 13.5. The van der Waals surface area contributed by atoms with Crippen molar-refractivity contribution in [1.82, 2.24) is 4.72 Å². The topological polar surface area (TPSA) is 142 Å². The number of sulfonamides is 1. The molecule has 1 aliphatic heterocycles. The van der Waals surface area contributed by atoms with Crippen molar-refractivity contribution >= 4 is 37.4 Å². The van der Waals surface area contributed by atoms with Crippen LogP contribution in [0.15, 0.2) is 101 Å². The summed E-state index contributed by atoms with van der Waals surface area (Å²) >= 11 is 0. The van der Waals surface area contributed by atoms with Crippen LogP contribution in [0, 0.1) is 13.8 Å². The fraction of sp³-hybridized carbons (Fsp3) is 0.242. The zero-order chi connectivity index (χ0) is 32.2. The average Bonchev–Trinajstić information content (AvgIpc) is 3.01. The van der Waals surface area contributed by atoms with E-state index in [1.165, 1.54) is 18.2 Å². The number of hydrogen-bond acceptors (Lipinski definition) is 7. The zero-order valence-corrected chi connectivity index (χ0v) is 26.6. The standard InChI is InChI=1S/C33H35N3O7S2/c1-23-3-14-29(15-4-23)44(38,39)35-31(33(37)34-27-10-12-28(13-11-27)36-17-19-43-20-18-36)22-25-6-8-26(9-7-25)30-21-24(2)5-16-32(30)45(40,41)42/h3-16,21,31,35H,17-20,22H2,1-2H3,(H,34,37)(H,40,41,42). The van der Waals surface area contributed by atoms with Gasteiger partial charge in [0.25, 0.3) is 10.1 Å². The van der Waals surface area contributed by atoms with E-state index in [0.29, 0.717) is 35.6 Å². The van der Waals surface area contributed by atoms with Crippen LogP contribution in [0.2, 0.25) is 0 Å². The normalized spacial score (nSPS) is 14.6. The van der Waals surface area contributed by atoms with Gasteiger partial charge in [-0.05, 0) is 73.9 Å². The molecule has 0 aliphatic carbocycles. The Morgan fingerprint density at radius 2 is 1.47 bits per heavy atom. The van der Waals surface area contributed by atoms with Gasteiger partial charge in [0.15, 0.2) is 0 Å². The van der Waals surface area contributed by atoms with Gasteiger partial charge in [-0.15, -0.1) is 0 Å². The molecule has 3 N–H and O–H groups in total. The minimum atomic E-state index is -4.47. The number of rotatable bonds is 10. The number of benzene rings is 4. The van der Waals surface area contributed by atoms with Gasteiger partial charge in [-0.25, -0.2) is 8.42 Å². The molecule has 5 rings (SSSR count). The zero-order valence-electron chi connectivity index (χ0n) is 24.9. The first-order valence-corrected chi connectivity index (χ1v) is 17.3. The molecule has 0 bridgehead atoms. The number of carbonyl (C=O) groups excluding carboxylic acids is 1. The highest BCUT2D eigenvalue weighted by Gasteiger charge is 2.27. The lowest BCUT2D eigenvalue weighted by Gasteiger charge is -2.29. The fourth-order valence-electron chi connectivity index (χ4n) is 5.12. The van der Waals surface area contributed by atoms with Crippen molar-refractivity contribution in [2.24, 2.45) is 0 Å². The third kappa shape index (κ3) is 8.16. The molecule has 0 aromatic heterocycles. The number of hydrogen-bond donors (Lipinski definition) is 3. The Labute approximate surface area is 263 Å². The van der Waals surface area contributed by atoms with E-state index >= 15 is 0 Å². The predicted octanol–water partition coefficient (Wildman–Crippen LogP) is 4.58. The molecule has 4 aromatic rings. The molecule has 1 amide bonds. The van der Waals surface area contributed by atoms with E-state index in [4.69, 9.17) is 4.74 Å². The van der Waals surface area contributed by atoms with Gasteiger partial charge >= 0.3 is 0 Å². The summed E-state index contributed by atoms with van der Waals surface area (Å²) in [5.74, 6) is -0.541. The highest BCUT2D eigenvalue weighted by Crippen LogP contribution is 2.29. The van der Waals surface area contributed by atoms with Crippen molar-refractivity contribution in [3.05, 3.63) is 108 Å². The summed E-state index contributed by atoms with van der Waals surface area (Å²) in [5.41, 5.74) is 4.73. The highest BCUT2D eigenvalue weighted by atomic mass is 32.2. The Morgan fingerprint density at radius 1 is 0.844 bits per heavy atom. The Morgan fingerprint density at radius 3 is 2.09 bits per heavy atom. The SMILES string of the molecule is Cc1ccc(S(=O)(=O)NC(Cc2ccc(-c3cc(C)ccc3S(=O)(=O)O)cc2)C(=O)Nc2ccc(N3CCOCC3)cc2)cc1. The lowest BCUT2D eigenvalue weighted by molar-refractivity contribution is -0.117. The largest absolute Gasteiger partial charge is 0.378 e. The van der Waals surface area contributed by atoms with E-state index in [1.807, 2.05) is 26.0 Å². The van der Waals surface area contributed by atoms with E-state index in [-0.39, 0.29) is 16.2 Å². The summed E-state index contributed by atoms with van der Waals surface area (Å²) < 4.78 is 68.3. The summed E-state index contributed by atoms with van der Waals surface area (Å²) in [5, 5.41) is 2.84. The van der Waals surface area contributed by atoms with Crippen molar-refractivity contribution in [2.45, 2.75) is 36.1 Å². The van der Waals surface area contributed by atoms with Crippen LogP contribution in [0.25, 0.3) is 11.1 Å². The van der Waals surface area contributed by atoms with Crippen molar-refractivity contribution in [3.63, 3.8) is 0 Å². The first-order chi connectivity index (χ1) is 21.4. The third-order valence-electron chi connectivity index (χ3n) is 7.57. The molecule has 1 fully saturated rings. The first kappa shape index (κ1) is 32.3. The van der Waals surface area contributed by atoms with Crippen LogP contribution < -0.4 is 14.9 Å². The van der Waals surface area contributed by atoms with Gasteiger partial charge in [0.2, 0.25) is 15.9 Å². The molecular formula is C33H35N3O7S2. The van der Waals surface area contributed by atoms with Crippen molar-refractivity contribution in [2.75, 3.05) is 36.5 Å². The van der Waals surface area contributed by atoms with Crippen molar-refractivity contribution in [3.8, 4) is 11.1 Å². The number of nitrogens with one attached hydrogen (secondary N) is 2. The fourth-order valence-corrected chi connectivity index (χ4v) is 7.01. The minimum Gasteiger partial charge on any atom is -0.378 e. The summed E-state index contributed by atoms with van der Waals surface area (Å²) in [6.45, 7) is 6.50. The predicted molar refractivity (Wildman–Crippen MR) is 174 cm³/mol. The van der Waals surface area contributed by atoms with Crippen LogP contribution in [-0.4, -0.2) is 59.6 Å². The maximum atomic E-state index is 13.6. The monoisotopic (exact) mass is 649 g/mol. The van der Waals surface area contributed by atoms with Gasteiger partial charge in [0.1, 0.15) is 10.9 Å². The van der Waals surface area contributed by atoms with E-state index in [0.717, 1.165) is 29.9 Å². The van der Waals surface area contributed by atoms with E-state index in [1.54, 1.807) is 60.7 Å².